The Bertz CT molecular complexity index is 2070. The van der Waals surface area contributed by atoms with Crippen molar-refractivity contribution < 1.29 is 18.9 Å². The van der Waals surface area contributed by atoms with E-state index in [0.717, 1.165) is 23.0 Å². The van der Waals surface area contributed by atoms with Gasteiger partial charge in [-0.3, -0.25) is 0 Å². The summed E-state index contributed by atoms with van der Waals surface area (Å²) in [5.41, 5.74) is 10.7. The van der Waals surface area contributed by atoms with Crippen LogP contribution in [0.2, 0.25) is 0 Å². The maximum atomic E-state index is 5.99. The number of hydrogen-bond donors (Lipinski definition) is 2. The third-order valence-corrected chi connectivity index (χ3v) is 15.9. The summed E-state index contributed by atoms with van der Waals surface area (Å²) in [7, 11) is 0. The SMILES string of the molecule is N[S+]1CCOCCOCC[S+](N)CCOCCOCC1.c1ccc([B-](c2ccccc2)(c2ccccc2)c2ccccc2)cc1.c1ccc([B-](c2ccccc2)(c2ccccc2)c2ccccc2)cc1. The second-order valence-electron chi connectivity index (χ2n) is 17.4. The minimum absolute atomic E-state index is 0.127. The molecule has 1 fully saturated rings. The molecule has 9 rings (SSSR count). The first-order valence-electron chi connectivity index (χ1n) is 24.5. The van der Waals surface area contributed by atoms with Gasteiger partial charge in [0.05, 0.1) is 75.0 Å². The van der Waals surface area contributed by atoms with Crippen LogP contribution in [0.1, 0.15) is 0 Å². The van der Waals surface area contributed by atoms with Gasteiger partial charge in [0.15, 0.2) is 23.0 Å². The molecule has 1 heterocycles. The Kier molecular flexibility index (Phi) is 21.5. The van der Waals surface area contributed by atoms with Crippen molar-refractivity contribution in [1.29, 1.82) is 0 Å². The lowest BCUT2D eigenvalue weighted by atomic mass is 9.13. The molecule has 6 nitrogen and oxygen atoms in total. The topological polar surface area (TPSA) is 89.0 Å². The van der Waals surface area contributed by atoms with Gasteiger partial charge in [0.25, 0.3) is 0 Å². The molecular formula is C60H68B2N2O4S2. The van der Waals surface area contributed by atoms with Crippen molar-refractivity contribution in [2.45, 2.75) is 0 Å². The molecular weight excluding hydrogens is 898 g/mol. The molecule has 1 saturated heterocycles. The van der Waals surface area contributed by atoms with Crippen LogP contribution >= 0.6 is 0 Å². The van der Waals surface area contributed by atoms with Crippen molar-refractivity contribution >= 4 is 78.2 Å². The fourth-order valence-electron chi connectivity index (χ4n) is 9.76. The van der Waals surface area contributed by atoms with E-state index in [1.54, 1.807) is 0 Å². The van der Waals surface area contributed by atoms with E-state index in [1.165, 1.54) is 43.7 Å². The van der Waals surface area contributed by atoms with Crippen molar-refractivity contribution in [3.05, 3.63) is 243 Å². The number of hydrogen-bond acceptors (Lipinski definition) is 6. The predicted molar refractivity (Wildman–Crippen MR) is 306 cm³/mol. The van der Waals surface area contributed by atoms with Crippen LogP contribution in [0.5, 0.6) is 0 Å². The summed E-state index contributed by atoms with van der Waals surface area (Å²) >= 11 is -0.253. The molecule has 1 aliphatic heterocycles. The molecule has 8 aromatic rings. The number of rotatable bonds is 8. The van der Waals surface area contributed by atoms with Crippen LogP contribution < -0.4 is 54.0 Å². The molecule has 10 heteroatoms. The van der Waals surface area contributed by atoms with E-state index in [1.807, 2.05) is 0 Å². The fourth-order valence-corrected chi connectivity index (χ4v) is 11.5. The minimum atomic E-state index is -1.22. The zero-order chi connectivity index (χ0) is 48.4. The molecule has 8 aromatic carbocycles. The molecule has 360 valence electrons. The third-order valence-electron chi connectivity index (χ3n) is 13.1. The van der Waals surface area contributed by atoms with E-state index in [2.05, 4.69) is 243 Å². The Labute approximate surface area is 423 Å². The summed E-state index contributed by atoms with van der Waals surface area (Å²) in [6, 6.07) is 87.1. The maximum Gasteiger partial charge on any atom is 0.150 e. The highest BCUT2D eigenvalue weighted by atomic mass is 32.2. The first-order chi connectivity index (χ1) is 34.6. The van der Waals surface area contributed by atoms with Gasteiger partial charge in [-0.2, -0.15) is 54.0 Å². The van der Waals surface area contributed by atoms with Crippen LogP contribution in [0, 0.1) is 0 Å². The van der Waals surface area contributed by atoms with E-state index in [-0.39, 0.29) is 22.2 Å². The Morgan fingerprint density at radius 3 is 0.514 bits per heavy atom. The van der Waals surface area contributed by atoms with Crippen LogP contribution in [0.4, 0.5) is 0 Å². The highest BCUT2D eigenvalue weighted by molar-refractivity contribution is 7.94. The molecule has 0 aromatic heterocycles. The zero-order valence-electron chi connectivity index (χ0n) is 40.3. The lowest BCUT2D eigenvalue weighted by molar-refractivity contribution is 0.0575. The molecule has 0 radical (unpaired) electrons. The summed E-state index contributed by atoms with van der Waals surface area (Å²) < 4.78 is 22.0. The highest BCUT2D eigenvalue weighted by Crippen LogP contribution is 2.11. The Morgan fingerprint density at radius 1 is 0.229 bits per heavy atom. The normalized spacial score (nSPS) is 16.7. The van der Waals surface area contributed by atoms with Gasteiger partial charge in [0.2, 0.25) is 0 Å². The minimum Gasteiger partial charge on any atom is -0.374 e. The summed E-state index contributed by atoms with van der Waals surface area (Å²) in [6.45, 7) is 5.23. The van der Waals surface area contributed by atoms with Gasteiger partial charge in [-0.15, -0.1) is 0 Å². The molecule has 0 saturated carbocycles. The Hall–Kier alpha value is -5.65. The second kappa shape index (κ2) is 28.9. The summed E-state index contributed by atoms with van der Waals surface area (Å²) in [5, 5.41) is 12.0. The molecule has 4 N–H and O–H groups in total. The largest absolute Gasteiger partial charge is 0.374 e. The quantitative estimate of drug-likeness (QED) is 0.162. The van der Waals surface area contributed by atoms with Crippen LogP contribution in [0.25, 0.3) is 0 Å². The number of nitrogens with two attached hydrogens (primary N) is 2. The average Bonchev–Trinajstić information content (AvgIpc) is 3.43. The second-order valence-corrected chi connectivity index (χ2v) is 21.1. The lowest BCUT2D eigenvalue weighted by Gasteiger charge is -2.44. The lowest BCUT2D eigenvalue weighted by Crippen LogP contribution is -2.74. The summed E-state index contributed by atoms with van der Waals surface area (Å²) in [6.07, 6.45) is -2.43. The smallest absolute Gasteiger partial charge is 0.150 e. The van der Waals surface area contributed by atoms with Gasteiger partial charge in [0, 0.05) is 0 Å². The van der Waals surface area contributed by atoms with E-state index in [0.29, 0.717) is 52.9 Å². The van der Waals surface area contributed by atoms with E-state index >= 15 is 0 Å². The van der Waals surface area contributed by atoms with Gasteiger partial charge in [-0.1, -0.05) is 243 Å². The third kappa shape index (κ3) is 14.2. The average molecular weight is 967 g/mol. The van der Waals surface area contributed by atoms with Crippen molar-refractivity contribution in [3.8, 4) is 0 Å². The zero-order valence-corrected chi connectivity index (χ0v) is 42.0. The molecule has 1 aliphatic rings. The maximum absolute atomic E-state index is 5.99. The van der Waals surface area contributed by atoms with E-state index < -0.39 is 12.3 Å². The molecule has 0 spiro atoms. The van der Waals surface area contributed by atoms with Crippen molar-refractivity contribution in [1.82, 2.24) is 0 Å². The molecule has 0 amide bonds. The summed E-state index contributed by atoms with van der Waals surface area (Å²) in [5.74, 6) is 3.52. The van der Waals surface area contributed by atoms with Crippen LogP contribution in [-0.4, -0.2) is 88.2 Å². The highest BCUT2D eigenvalue weighted by Gasteiger charge is 2.32. The first-order valence-corrected chi connectivity index (χ1v) is 27.8. The molecule has 0 atom stereocenters. The van der Waals surface area contributed by atoms with Crippen molar-refractivity contribution in [2.24, 2.45) is 10.3 Å². The van der Waals surface area contributed by atoms with Crippen molar-refractivity contribution in [3.63, 3.8) is 0 Å². The van der Waals surface area contributed by atoms with Gasteiger partial charge < -0.3 is 18.9 Å². The number of ether oxygens (including phenoxy) is 4. The first kappa shape index (κ1) is 52.2. The van der Waals surface area contributed by atoms with E-state index in [4.69, 9.17) is 29.2 Å². The van der Waals surface area contributed by atoms with Gasteiger partial charge in [-0.25, -0.2) is 0 Å². The van der Waals surface area contributed by atoms with Gasteiger partial charge in [0.1, 0.15) is 12.3 Å². The predicted octanol–water partition coefficient (Wildman–Crippen LogP) is 5.18. The van der Waals surface area contributed by atoms with E-state index in [9.17, 15) is 0 Å². The fraction of sp³-hybridized carbons (Fsp3) is 0.200. The van der Waals surface area contributed by atoms with Crippen molar-refractivity contribution in [2.75, 3.05) is 75.9 Å². The summed E-state index contributed by atoms with van der Waals surface area (Å²) in [4.78, 5) is 0. The Balaban J connectivity index is 0.000000156. The Morgan fingerprint density at radius 2 is 0.371 bits per heavy atom. The van der Waals surface area contributed by atoms with Crippen LogP contribution in [0.3, 0.4) is 0 Å². The molecule has 0 bridgehead atoms. The molecule has 0 unspecified atom stereocenters. The van der Waals surface area contributed by atoms with Crippen LogP contribution in [0.15, 0.2) is 243 Å². The van der Waals surface area contributed by atoms with Gasteiger partial charge in [-0.05, 0) is 0 Å². The number of benzene rings is 8. The molecule has 70 heavy (non-hydrogen) atoms. The van der Waals surface area contributed by atoms with Gasteiger partial charge >= 0.3 is 0 Å². The molecule has 0 aliphatic carbocycles. The van der Waals surface area contributed by atoms with Crippen LogP contribution in [-0.2, 0) is 41.1 Å². The standard InChI is InChI=1S/2C24H20B.C12H28N2O4S2/c2*1-5-13-21(14-6-1)25(22-15-7-2-8-16-22,23-17-9-3-10-18-23)24-19-11-4-12-20-24;13-19-9-5-15-1-2-16-6-10-20(14)12-8-18-4-3-17-7-11-19/h2*1-20H;1-14H2/q2*-1;+2. The monoisotopic (exact) mass is 966 g/mol.